The molecule has 7 nitrogen and oxygen atoms in total. The lowest BCUT2D eigenvalue weighted by Crippen LogP contribution is -2.33. The first-order valence-corrected chi connectivity index (χ1v) is 10.9. The van der Waals surface area contributed by atoms with E-state index in [1.165, 1.54) is 19.2 Å². The minimum atomic E-state index is -3.71. The zero-order chi connectivity index (χ0) is 19.2. The standard InChI is InChI=1S/C17H25BrN2O5S/c1-25-8-7-20-26(23,24)14-5-6-16(18)15(10-14)17(22)19-11-12-3-2-4-13(21)9-12/h5-6,10,12-13,20-21H,2-4,7-9,11H2,1H3,(H,19,22)/t12-,13+/m0/s1. The maximum absolute atomic E-state index is 12.5. The Kier molecular flexibility index (Phi) is 8.03. The predicted molar refractivity (Wildman–Crippen MR) is 102 cm³/mol. The molecule has 1 aromatic rings. The summed E-state index contributed by atoms with van der Waals surface area (Å²) in [5.41, 5.74) is 0.260. The molecule has 3 N–H and O–H groups in total. The van der Waals surface area contributed by atoms with Crippen molar-refractivity contribution < 1.29 is 23.1 Å². The van der Waals surface area contributed by atoms with E-state index in [1.807, 2.05) is 0 Å². The second-order valence-corrected chi connectivity index (χ2v) is 9.05. The van der Waals surface area contributed by atoms with Gasteiger partial charge in [0, 0.05) is 24.7 Å². The van der Waals surface area contributed by atoms with E-state index in [1.54, 1.807) is 6.07 Å². The highest BCUT2D eigenvalue weighted by Crippen LogP contribution is 2.24. The number of hydrogen-bond donors (Lipinski definition) is 3. The van der Waals surface area contributed by atoms with Crippen LogP contribution in [0.4, 0.5) is 0 Å². The van der Waals surface area contributed by atoms with Crippen LogP contribution in [-0.4, -0.2) is 52.3 Å². The van der Waals surface area contributed by atoms with Crippen molar-refractivity contribution in [2.24, 2.45) is 5.92 Å². The average molecular weight is 449 g/mol. The third kappa shape index (κ3) is 6.02. The quantitative estimate of drug-likeness (QED) is 0.524. The van der Waals surface area contributed by atoms with E-state index < -0.39 is 10.0 Å². The van der Waals surface area contributed by atoms with Crippen LogP contribution in [0.1, 0.15) is 36.0 Å². The van der Waals surface area contributed by atoms with E-state index >= 15 is 0 Å². The van der Waals surface area contributed by atoms with Crippen LogP contribution >= 0.6 is 15.9 Å². The van der Waals surface area contributed by atoms with Gasteiger partial charge in [-0.2, -0.15) is 0 Å². The van der Waals surface area contributed by atoms with Gasteiger partial charge in [-0.15, -0.1) is 0 Å². The van der Waals surface area contributed by atoms with Gasteiger partial charge in [-0.1, -0.05) is 6.42 Å². The number of rotatable bonds is 8. The van der Waals surface area contributed by atoms with Gasteiger partial charge in [-0.25, -0.2) is 13.1 Å². The van der Waals surface area contributed by atoms with Crippen LogP contribution in [0.25, 0.3) is 0 Å². The summed E-state index contributed by atoms with van der Waals surface area (Å²) in [6.07, 6.45) is 3.11. The molecular weight excluding hydrogens is 424 g/mol. The molecule has 1 amide bonds. The molecule has 0 spiro atoms. The van der Waals surface area contributed by atoms with E-state index in [0.29, 0.717) is 17.4 Å². The summed E-state index contributed by atoms with van der Waals surface area (Å²) in [7, 11) is -2.22. The Morgan fingerprint density at radius 1 is 1.38 bits per heavy atom. The van der Waals surface area contributed by atoms with Crippen molar-refractivity contribution in [3.05, 3.63) is 28.2 Å². The zero-order valence-corrected chi connectivity index (χ0v) is 17.1. The van der Waals surface area contributed by atoms with Crippen LogP contribution in [-0.2, 0) is 14.8 Å². The maximum atomic E-state index is 12.5. The Balaban J connectivity index is 2.04. The van der Waals surface area contributed by atoms with Gasteiger partial charge in [-0.3, -0.25) is 4.79 Å². The average Bonchev–Trinajstić information content (AvgIpc) is 2.60. The monoisotopic (exact) mass is 448 g/mol. The van der Waals surface area contributed by atoms with Gasteiger partial charge in [0.2, 0.25) is 10.0 Å². The summed E-state index contributed by atoms with van der Waals surface area (Å²) >= 11 is 3.30. The fourth-order valence-corrected chi connectivity index (χ4v) is 4.45. The Hall–Kier alpha value is -1.00. The third-order valence-electron chi connectivity index (χ3n) is 4.40. The molecule has 1 saturated carbocycles. The second-order valence-electron chi connectivity index (χ2n) is 6.43. The number of methoxy groups -OCH3 is 1. The number of sulfonamides is 1. The van der Waals surface area contributed by atoms with Crippen LogP contribution in [0.3, 0.4) is 0 Å². The molecule has 0 aromatic heterocycles. The fourth-order valence-electron chi connectivity index (χ4n) is 2.99. The number of halogens is 1. The Bertz CT molecular complexity index is 726. The summed E-state index contributed by atoms with van der Waals surface area (Å²) in [6, 6.07) is 4.34. The molecule has 1 fully saturated rings. The first kappa shape index (κ1) is 21.3. The minimum Gasteiger partial charge on any atom is -0.393 e. The first-order chi connectivity index (χ1) is 12.3. The summed E-state index contributed by atoms with van der Waals surface area (Å²) < 4.78 is 32.4. The molecule has 9 heteroatoms. The lowest BCUT2D eigenvalue weighted by molar-refractivity contribution is 0.0873. The molecular formula is C17H25BrN2O5S. The van der Waals surface area contributed by atoms with Crippen LogP contribution in [0, 0.1) is 5.92 Å². The van der Waals surface area contributed by atoms with Crippen molar-refractivity contribution in [3.63, 3.8) is 0 Å². The summed E-state index contributed by atoms with van der Waals surface area (Å²) in [5, 5.41) is 12.6. The molecule has 0 bridgehead atoms. The molecule has 0 saturated heterocycles. The molecule has 146 valence electrons. The highest BCUT2D eigenvalue weighted by atomic mass is 79.9. The van der Waals surface area contributed by atoms with Gasteiger partial charge >= 0.3 is 0 Å². The topological polar surface area (TPSA) is 105 Å². The number of ether oxygens (including phenoxy) is 1. The van der Waals surface area contributed by atoms with Crippen molar-refractivity contribution in [2.75, 3.05) is 26.8 Å². The molecule has 0 aliphatic heterocycles. The zero-order valence-electron chi connectivity index (χ0n) is 14.7. The van der Waals surface area contributed by atoms with Gasteiger partial charge in [-0.05, 0) is 59.3 Å². The number of carbonyl (C=O) groups excluding carboxylic acids is 1. The smallest absolute Gasteiger partial charge is 0.252 e. The van der Waals surface area contributed by atoms with Crippen molar-refractivity contribution >= 4 is 31.9 Å². The third-order valence-corrected chi connectivity index (χ3v) is 6.55. The van der Waals surface area contributed by atoms with E-state index in [4.69, 9.17) is 4.74 Å². The molecule has 2 rings (SSSR count). The Morgan fingerprint density at radius 3 is 2.85 bits per heavy atom. The minimum absolute atomic E-state index is 0.0232. The number of amides is 1. The van der Waals surface area contributed by atoms with E-state index in [-0.39, 0.29) is 41.5 Å². The maximum Gasteiger partial charge on any atom is 0.252 e. The van der Waals surface area contributed by atoms with Gasteiger partial charge in [0.05, 0.1) is 23.2 Å². The van der Waals surface area contributed by atoms with Crippen LogP contribution in [0.15, 0.2) is 27.6 Å². The molecule has 26 heavy (non-hydrogen) atoms. The van der Waals surface area contributed by atoms with E-state index in [9.17, 15) is 18.3 Å². The molecule has 1 aliphatic carbocycles. The number of aliphatic hydroxyl groups is 1. The summed E-state index contributed by atoms with van der Waals surface area (Å²) in [6.45, 7) is 0.877. The van der Waals surface area contributed by atoms with Crippen molar-refractivity contribution in [2.45, 2.75) is 36.7 Å². The highest BCUT2D eigenvalue weighted by molar-refractivity contribution is 9.10. The normalized spacial score (nSPS) is 20.7. The predicted octanol–water partition coefficient (Wildman–Crippen LogP) is 1.65. The SMILES string of the molecule is COCCNS(=O)(=O)c1ccc(Br)c(C(=O)NC[C@H]2CCC[C@@H](O)C2)c1. The Morgan fingerprint density at radius 2 is 2.15 bits per heavy atom. The summed E-state index contributed by atoms with van der Waals surface area (Å²) in [4.78, 5) is 12.5. The molecule has 1 aliphatic rings. The van der Waals surface area contributed by atoms with E-state index in [0.717, 1.165) is 19.3 Å². The van der Waals surface area contributed by atoms with Crippen molar-refractivity contribution in [1.29, 1.82) is 0 Å². The summed E-state index contributed by atoms with van der Waals surface area (Å²) in [5.74, 6) is -0.102. The van der Waals surface area contributed by atoms with E-state index in [2.05, 4.69) is 26.0 Å². The molecule has 1 aromatic carbocycles. The Labute approximate surface area is 162 Å². The lowest BCUT2D eigenvalue weighted by atomic mass is 9.87. The highest BCUT2D eigenvalue weighted by Gasteiger charge is 2.22. The number of benzene rings is 1. The fraction of sp³-hybridized carbons (Fsp3) is 0.588. The second kappa shape index (κ2) is 9.80. The van der Waals surface area contributed by atoms with Crippen molar-refractivity contribution in [1.82, 2.24) is 10.0 Å². The van der Waals surface area contributed by atoms with Crippen LogP contribution in [0.5, 0.6) is 0 Å². The molecule has 0 heterocycles. The number of carbonyl (C=O) groups is 1. The van der Waals surface area contributed by atoms with Gasteiger partial charge in [0.15, 0.2) is 0 Å². The van der Waals surface area contributed by atoms with Crippen molar-refractivity contribution in [3.8, 4) is 0 Å². The first-order valence-electron chi connectivity index (χ1n) is 8.58. The van der Waals surface area contributed by atoms with Crippen LogP contribution in [0.2, 0.25) is 0 Å². The van der Waals surface area contributed by atoms with Crippen LogP contribution < -0.4 is 10.0 Å². The number of aliphatic hydroxyl groups excluding tert-OH is 1. The number of hydrogen-bond acceptors (Lipinski definition) is 5. The lowest BCUT2D eigenvalue weighted by Gasteiger charge is -2.26. The molecule has 0 unspecified atom stereocenters. The van der Waals surface area contributed by atoms with Gasteiger partial charge in [0.1, 0.15) is 0 Å². The molecule has 2 atom stereocenters. The van der Waals surface area contributed by atoms with Gasteiger partial charge < -0.3 is 15.2 Å². The molecule has 0 radical (unpaired) electrons. The number of nitrogens with one attached hydrogen (secondary N) is 2. The largest absolute Gasteiger partial charge is 0.393 e. The van der Waals surface area contributed by atoms with Gasteiger partial charge in [0.25, 0.3) is 5.91 Å².